The fourth-order valence-corrected chi connectivity index (χ4v) is 3.66. The van der Waals surface area contributed by atoms with Gasteiger partial charge in [0.2, 0.25) is 5.91 Å². The lowest BCUT2D eigenvalue weighted by molar-refractivity contribution is -0.141. The smallest absolute Gasteiger partial charge is 0.433 e. The van der Waals surface area contributed by atoms with Gasteiger partial charge in [-0.3, -0.25) is 19.7 Å². The van der Waals surface area contributed by atoms with Crippen molar-refractivity contribution in [2.24, 2.45) is 0 Å². The van der Waals surface area contributed by atoms with E-state index in [1.807, 2.05) is 0 Å². The third kappa shape index (κ3) is 6.92. The van der Waals surface area contributed by atoms with Crippen LogP contribution in [0.5, 0.6) is 0 Å². The standard InChI is InChI=1S/C24H26F4N4O5/c1-23(2,3)37-22(35)32-12-15(25)8-18(32)20(33)31-10-14-7-17(29-11-16(14)21(34)36-4)13-5-6-19(30-9-13)24(26,27)28/h5-7,9,11,15,18H,8,10,12H2,1-4H3,(H,31,33)/t15-,18+/m1/s1. The van der Waals surface area contributed by atoms with Crippen LogP contribution in [0.15, 0.2) is 30.6 Å². The van der Waals surface area contributed by atoms with Gasteiger partial charge in [0.15, 0.2) is 0 Å². The Morgan fingerprint density at radius 2 is 1.84 bits per heavy atom. The molecule has 13 heteroatoms. The number of amides is 2. The van der Waals surface area contributed by atoms with E-state index in [9.17, 15) is 31.9 Å². The number of nitrogens with zero attached hydrogens (tertiary/aromatic N) is 3. The molecular weight excluding hydrogens is 500 g/mol. The zero-order valence-electron chi connectivity index (χ0n) is 20.6. The summed E-state index contributed by atoms with van der Waals surface area (Å²) >= 11 is 0. The van der Waals surface area contributed by atoms with Gasteiger partial charge in [0.1, 0.15) is 23.5 Å². The Kier molecular flexibility index (Phi) is 8.03. The first kappa shape index (κ1) is 27.8. The molecule has 37 heavy (non-hydrogen) atoms. The quantitative estimate of drug-likeness (QED) is 0.465. The largest absolute Gasteiger partial charge is 0.465 e. The van der Waals surface area contributed by atoms with Crippen LogP contribution in [0, 0.1) is 0 Å². The van der Waals surface area contributed by atoms with Crippen molar-refractivity contribution in [3.8, 4) is 11.3 Å². The maximum absolute atomic E-state index is 14.1. The van der Waals surface area contributed by atoms with Gasteiger partial charge in [-0.2, -0.15) is 13.2 Å². The van der Waals surface area contributed by atoms with Crippen LogP contribution < -0.4 is 5.32 Å². The summed E-state index contributed by atoms with van der Waals surface area (Å²) in [6, 6.07) is 2.24. The van der Waals surface area contributed by atoms with Gasteiger partial charge in [0, 0.05) is 30.9 Å². The van der Waals surface area contributed by atoms with Gasteiger partial charge in [-0.05, 0) is 44.5 Å². The van der Waals surface area contributed by atoms with E-state index in [1.165, 1.54) is 18.3 Å². The van der Waals surface area contributed by atoms with Gasteiger partial charge in [-0.25, -0.2) is 14.0 Å². The van der Waals surface area contributed by atoms with Crippen molar-refractivity contribution in [2.45, 2.75) is 57.7 Å². The molecule has 1 fully saturated rings. The first-order valence-corrected chi connectivity index (χ1v) is 11.2. The van der Waals surface area contributed by atoms with E-state index in [2.05, 4.69) is 15.3 Å². The average molecular weight is 526 g/mol. The summed E-state index contributed by atoms with van der Waals surface area (Å²) < 4.78 is 62.6. The van der Waals surface area contributed by atoms with Gasteiger partial charge in [0.25, 0.3) is 0 Å². The van der Waals surface area contributed by atoms with Crippen LogP contribution in [-0.4, -0.2) is 64.3 Å². The molecule has 0 saturated carbocycles. The number of esters is 1. The first-order chi connectivity index (χ1) is 17.2. The lowest BCUT2D eigenvalue weighted by Crippen LogP contribution is -2.47. The van der Waals surface area contributed by atoms with Crippen LogP contribution in [0.3, 0.4) is 0 Å². The summed E-state index contributed by atoms with van der Waals surface area (Å²) in [5.41, 5.74) is -1.24. The van der Waals surface area contributed by atoms with E-state index in [0.717, 1.165) is 24.3 Å². The average Bonchev–Trinajstić information content (AvgIpc) is 3.22. The molecule has 0 bridgehead atoms. The van der Waals surface area contributed by atoms with Crippen molar-refractivity contribution in [1.29, 1.82) is 0 Å². The number of methoxy groups -OCH3 is 1. The number of rotatable bonds is 5. The van der Waals surface area contributed by atoms with Crippen LogP contribution in [0.4, 0.5) is 22.4 Å². The normalized spacial score (nSPS) is 17.9. The number of pyridine rings is 2. The highest BCUT2D eigenvalue weighted by Gasteiger charge is 2.41. The summed E-state index contributed by atoms with van der Waals surface area (Å²) in [6.07, 6.45) is -4.93. The summed E-state index contributed by atoms with van der Waals surface area (Å²) in [5, 5.41) is 2.58. The minimum Gasteiger partial charge on any atom is -0.465 e. The Hall–Kier alpha value is -3.77. The van der Waals surface area contributed by atoms with E-state index in [-0.39, 0.29) is 41.9 Å². The number of hydrogen-bond acceptors (Lipinski definition) is 7. The molecule has 2 aromatic heterocycles. The molecule has 0 aliphatic carbocycles. The first-order valence-electron chi connectivity index (χ1n) is 11.2. The van der Waals surface area contributed by atoms with Gasteiger partial charge >= 0.3 is 18.2 Å². The lowest BCUT2D eigenvalue weighted by atomic mass is 10.1. The lowest BCUT2D eigenvalue weighted by Gasteiger charge is -2.27. The van der Waals surface area contributed by atoms with E-state index in [4.69, 9.17) is 9.47 Å². The molecule has 200 valence electrons. The van der Waals surface area contributed by atoms with Crippen molar-refractivity contribution in [1.82, 2.24) is 20.2 Å². The monoisotopic (exact) mass is 526 g/mol. The van der Waals surface area contributed by atoms with Crippen molar-refractivity contribution in [3.63, 3.8) is 0 Å². The molecule has 0 spiro atoms. The number of hydrogen-bond donors (Lipinski definition) is 1. The highest BCUT2D eigenvalue weighted by molar-refractivity contribution is 5.91. The van der Waals surface area contributed by atoms with E-state index >= 15 is 0 Å². The second-order valence-corrected chi connectivity index (χ2v) is 9.35. The highest BCUT2D eigenvalue weighted by atomic mass is 19.4. The van der Waals surface area contributed by atoms with Crippen LogP contribution in [0.2, 0.25) is 0 Å². The predicted octanol–water partition coefficient (Wildman–Crippen LogP) is 3.91. The molecule has 2 aromatic rings. The second-order valence-electron chi connectivity index (χ2n) is 9.35. The Labute approximate surface area is 210 Å². The number of ether oxygens (including phenoxy) is 2. The molecule has 0 aromatic carbocycles. The minimum absolute atomic E-state index is 0.00482. The number of carbonyl (C=O) groups excluding carboxylic acids is 3. The molecular formula is C24H26F4N4O5. The number of halogens is 4. The number of likely N-dealkylation sites (tertiary alicyclic amines) is 1. The fraction of sp³-hybridized carbons (Fsp3) is 0.458. The molecule has 1 saturated heterocycles. The molecule has 9 nitrogen and oxygen atoms in total. The Bertz CT molecular complexity index is 1170. The van der Waals surface area contributed by atoms with Crippen LogP contribution in [0.25, 0.3) is 11.3 Å². The Morgan fingerprint density at radius 1 is 1.14 bits per heavy atom. The zero-order chi connectivity index (χ0) is 27.5. The van der Waals surface area contributed by atoms with Crippen LogP contribution in [0.1, 0.15) is 48.8 Å². The number of alkyl halides is 4. The minimum atomic E-state index is -4.61. The van der Waals surface area contributed by atoms with Crippen LogP contribution in [-0.2, 0) is 27.0 Å². The topological polar surface area (TPSA) is 111 Å². The van der Waals surface area contributed by atoms with Gasteiger partial charge in [-0.1, -0.05) is 0 Å². The third-order valence-electron chi connectivity index (χ3n) is 5.38. The van der Waals surface area contributed by atoms with Crippen molar-refractivity contribution >= 4 is 18.0 Å². The van der Waals surface area contributed by atoms with E-state index < -0.39 is 47.7 Å². The third-order valence-corrected chi connectivity index (χ3v) is 5.38. The molecule has 0 radical (unpaired) electrons. The number of aromatic nitrogens is 2. The van der Waals surface area contributed by atoms with Crippen LogP contribution >= 0.6 is 0 Å². The summed E-state index contributed by atoms with van der Waals surface area (Å²) in [5.74, 6) is -1.43. The molecule has 1 aliphatic rings. The molecule has 1 N–H and O–H groups in total. The maximum atomic E-state index is 14.1. The Balaban J connectivity index is 1.82. The summed E-state index contributed by atoms with van der Waals surface area (Å²) in [4.78, 5) is 46.1. The highest BCUT2D eigenvalue weighted by Crippen LogP contribution is 2.29. The van der Waals surface area contributed by atoms with Gasteiger partial charge in [-0.15, -0.1) is 0 Å². The number of nitrogens with one attached hydrogen (secondary N) is 1. The van der Waals surface area contributed by atoms with Crippen molar-refractivity contribution in [3.05, 3.63) is 47.4 Å². The molecule has 1 aliphatic heterocycles. The molecule has 2 atom stereocenters. The zero-order valence-corrected chi connectivity index (χ0v) is 20.6. The van der Waals surface area contributed by atoms with Crippen molar-refractivity contribution in [2.75, 3.05) is 13.7 Å². The van der Waals surface area contributed by atoms with Gasteiger partial charge in [0.05, 0.1) is 24.9 Å². The molecule has 0 unspecified atom stereocenters. The fourth-order valence-electron chi connectivity index (χ4n) is 3.66. The second kappa shape index (κ2) is 10.7. The predicted molar refractivity (Wildman–Crippen MR) is 122 cm³/mol. The van der Waals surface area contributed by atoms with E-state index in [0.29, 0.717) is 0 Å². The molecule has 2 amide bonds. The molecule has 3 heterocycles. The maximum Gasteiger partial charge on any atom is 0.433 e. The summed E-state index contributed by atoms with van der Waals surface area (Å²) in [7, 11) is 1.15. The van der Waals surface area contributed by atoms with Gasteiger partial charge < -0.3 is 14.8 Å². The Morgan fingerprint density at radius 3 is 2.41 bits per heavy atom. The van der Waals surface area contributed by atoms with E-state index in [1.54, 1.807) is 20.8 Å². The molecule has 3 rings (SSSR count). The summed E-state index contributed by atoms with van der Waals surface area (Å²) in [6.45, 7) is 4.39. The SMILES string of the molecule is COC(=O)c1cnc(-c2ccc(C(F)(F)F)nc2)cc1CNC(=O)[C@@H]1C[C@@H](F)CN1C(=O)OC(C)(C)C. The number of carbonyl (C=O) groups is 3. The van der Waals surface area contributed by atoms with Crippen molar-refractivity contribution < 1.29 is 41.4 Å².